The first-order chi connectivity index (χ1) is 16.3. The summed E-state index contributed by atoms with van der Waals surface area (Å²) in [6, 6.07) is 10.2. The van der Waals surface area contributed by atoms with E-state index in [1.165, 1.54) is 6.21 Å². The highest BCUT2D eigenvalue weighted by molar-refractivity contribution is 9.10. The molecule has 0 saturated carbocycles. The number of hydrazone groups is 1. The number of nitrogens with one attached hydrogen (secondary N) is 3. The average molecular weight is 552 g/mol. The van der Waals surface area contributed by atoms with Crippen molar-refractivity contribution in [3.63, 3.8) is 0 Å². The van der Waals surface area contributed by atoms with Crippen LogP contribution in [-0.4, -0.2) is 49.8 Å². The van der Waals surface area contributed by atoms with E-state index in [4.69, 9.17) is 21.1 Å². The summed E-state index contributed by atoms with van der Waals surface area (Å²) in [6.07, 6.45) is 2.99. The Morgan fingerprint density at radius 3 is 2.79 bits per heavy atom. The van der Waals surface area contributed by atoms with Crippen LogP contribution in [0.25, 0.3) is 0 Å². The first-order valence-electron chi connectivity index (χ1n) is 10.5. The number of carbonyl (C=O) groups is 3. The molecule has 2 aromatic rings. The van der Waals surface area contributed by atoms with Gasteiger partial charge >= 0.3 is 11.8 Å². The van der Waals surface area contributed by atoms with Gasteiger partial charge in [-0.15, -0.1) is 0 Å². The number of hydrogen-bond acceptors (Lipinski definition) is 6. The Bertz CT molecular complexity index is 1090. The maximum atomic E-state index is 12.3. The van der Waals surface area contributed by atoms with Gasteiger partial charge in [0.2, 0.25) is 0 Å². The molecule has 0 bridgehead atoms. The number of amides is 3. The molecule has 1 aliphatic heterocycles. The first-order valence-corrected chi connectivity index (χ1v) is 11.7. The maximum Gasteiger partial charge on any atom is 0.329 e. The zero-order valence-electron chi connectivity index (χ0n) is 18.4. The van der Waals surface area contributed by atoms with Crippen LogP contribution in [0.3, 0.4) is 0 Å². The molecule has 11 heteroatoms. The molecule has 1 aliphatic rings. The second kappa shape index (κ2) is 12.5. The van der Waals surface area contributed by atoms with Crippen molar-refractivity contribution < 1.29 is 23.9 Å². The van der Waals surface area contributed by atoms with Gasteiger partial charge in [0.05, 0.1) is 12.3 Å². The molecule has 3 N–H and O–H groups in total. The van der Waals surface area contributed by atoms with Crippen LogP contribution in [0.2, 0.25) is 5.02 Å². The predicted molar refractivity (Wildman–Crippen MR) is 132 cm³/mol. The molecule has 1 atom stereocenters. The van der Waals surface area contributed by atoms with Crippen molar-refractivity contribution in [2.24, 2.45) is 5.10 Å². The lowest BCUT2D eigenvalue weighted by atomic mass is 10.2. The number of carbonyl (C=O) groups excluding carboxylic acids is 3. The summed E-state index contributed by atoms with van der Waals surface area (Å²) in [5, 5.41) is 9.50. The van der Waals surface area contributed by atoms with Crippen molar-refractivity contribution in [3.05, 3.63) is 57.0 Å². The third-order valence-corrected chi connectivity index (χ3v) is 5.61. The second-order valence-corrected chi connectivity index (χ2v) is 8.87. The Kier molecular flexibility index (Phi) is 9.43. The van der Waals surface area contributed by atoms with Crippen LogP contribution in [0.1, 0.15) is 24.0 Å². The van der Waals surface area contributed by atoms with Gasteiger partial charge in [-0.3, -0.25) is 14.4 Å². The highest BCUT2D eigenvalue weighted by atomic mass is 79.9. The number of aryl methyl sites for hydroxylation is 1. The summed E-state index contributed by atoms with van der Waals surface area (Å²) >= 11 is 9.43. The number of benzene rings is 2. The molecule has 0 unspecified atom stereocenters. The fourth-order valence-electron chi connectivity index (χ4n) is 3.15. The van der Waals surface area contributed by atoms with Crippen LogP contribution < -0.4 is 20.8 Å². The standard InChI is InChI=1S/C23H24BrClN4O5/c1-14-9-16(24)4-6-19(14)28-21(30)13-34-20-7-5-17(25)10-15(20)11-27-29-23(32)22(31)26-12-18-3-2-8-33-18/h4-7,9-11,18H,2-3,8,12-13H2,1H3,(H,26,31)(H,28,30)(H,29,32)/b27-11-/t18-/m0/s1. The molecule has 1 heterocycles. The third kappa shape index (κ3) is 7.82. The molecule has 0 spiro atoms. The average Bonchev–Trinajstić information content (AvgIpc) is 3.32. The Balaban J connectivity index is 1.53. The predicted octanol–water partition coefficient (Wildman–Crippen LogP) is 3.17. The topological polar surface area (TPSA) is 118 Å². The molecule has 9 nitrogen and oxygen atoms in total. The third-order valence-electron chi connectivity index (χ3n) is 4.88. The van der Waals surface area contributed by atoms with Gasteiger partial charge < -0.3 is 20.1 Å². The summed E-state index contributed by atoms with van der Waals surface area (Å²) in [5.41, 5.74) is 4.15. The van der Waals surface area contributed by atoms with Crippen LogP contribution >= 0.6 is 27.5 Å². The Morgan fingerprint density at radius 1 is 1.24 bits per heavy atom. The Morgan fingerprint density at radius 2 is 2.06 bits per heavy atom. The van der Waals surface area contributed by atoms with E-state index in [9.17, 15) is 14.4 Å². The van der Waals surface area contributed by atoms with E-state index in [1.54, 1.807) is 24.3 Å². The monoisotopic (exact) mass is 550 g/mol. The van der Waals surface area contributed by atoms with Gasteiger partial charge in [-0.25, -0.2) is 5.43 Å². The second-order valence-electron chi connectivity index (χ2n) is 7.52. The van der Waals surface area contributed by atoms with E-state index in [0.717, 1.165) is 22.9 Å². The summed E-state index contributed by atoms with van der Waals surface area (Å²) in [5.74, 6) is -1.74. The van der Waals surface area contributed by atoms with Gasteiger partial charge in [-0.1, -0.05) is 27.5 Å². The molecule has 0 aromatic heterocycles. The van der Waals surface area contributed by atoms with Crippen LogP contribution in [-0.2, 0) is 19.1 Å². The van der Waals surface area contributed by atoms with E-state index < -0.39 is 11.8 Å². The number of anilines is 1. The molecule has 2 aromatic carbocycles. The first kappa shape index (κ1) is 25.7. The highest BCUT2D eigenvalue weighted by Gasteiger charge is 2.19. The fraction of sp³-hybridized carbons (Fsp3) is 0.304. The van der Waals surface area contributed by atoms with Crippen molar-refractivity contribution in [2.75, 3.05) is 25.1 Å². The largest absolute Gasteiger partial charge is 0.483 e. The van der Waals surface area contributed by atoms with Crippen molar-refractivity contribution in [3.8, 4) is 5.75 Å². The zero-order chi connectivity index (χ0) is 24.5. The van der Waals surface area contributed by atoms with Crippen molar-refractivity contribution in [2.45, 2.75) is 25.9 Å². The number of hydrogen-bond donors (Lipinski definition) is 3. The number of nitrogens with zero attached hydrogens (tertiary/aromatic N) is 1. The highest BCUT2D eigenvalue weighted by Crippen LogP contribution is 2.22. The van der Waals surface area contributed by atoms with Gasteiger partial charge in [0.1, 0.15) is 5.75 Å². The lowest BCUT2D eigenvalue weighted by molar-refractivity contribution is -0.139. The van der Waals surface area contributed by atoms with Crippen LogP contribution in [0.15, 0.2) is 46.0 Å². The van der Waals surface area contributed by atoms with E-state index >= 15 is 0 Å². The van der Waals surface area contributed by atoms with Gasteiger partial charge in [0, 0.05) is 33.9 Å². The normalized spacial score (nSPS) is 15.2. The minimum atomic E-state index is -0.914. The number of ether oxygens (including phenoxy) is 2. The van der Waals surface area contributed by atoms with Gasteiger partial charge in [0.25, 0.3) is 5.91 Å². The lowest BCUT2D eigenvalue weighted by Crippen LogP contribution is -2.41. The summed E-state index contributed by atoms with van der Waals surface area (Å²) in [4.78, 5) is 36.1. The SMILES string of the molecule is Cc1cc(Br)ccc1NC(=O)COc1ccc(Cl)cc1/C=N\NC(=O)C(=O)NC[C@@H]1CCCO1. The molecule has 34 heavy (non-hydrogen) atoms. The van der Waals surface area contributed by atoms with Crippen LogP contribution in [0.4, 0.5) is 5.69 Å². The van der Waals surface area contributed by atoms with Crippen molar-refractivity contribution in [1.82, 2.24) is 10.7 Å². The Hall–Kier alpha value is -2.95. The molecular formula is C23H24BrClN4O5. The van der Waals surface area contributed by atoms with Gasteiger partial charge in [-0.05, 0) is 61.7 Å². The smallest absolute Gasteiger partial charge is 0.329 e. The molecule has 3 rings (SSSR count). The maximum absolute atomic E-state index is 12.3. The number of halogens is 2. The van der Waals surface area contributed by atoms with Gasteiger partial charge in [-0.2, -0.15) is 5.10 Å². The van der Waals surface area contributed by atoms with Crippen molar-refractivity contribution in [1.29, 1.82) is 0 Å². The molecule has 0 aliphatic carbocycles. The van der Waals surface area contributed by atoms with E-state index in [1.807, 2.05) is 19.1 Å². The summed E-state index contributed by atoms with van der Waals surface area (Å²) in [7, 11) is 0. The molecule has 180 valence electrons. The lowest BCUT2D eigenvalue weighted by Gasteiger charge is -2.11. The zero-order valence-corrected chi connectivity index (χ0v) is 20.7. The summed E-state index contributed by atoms with van der Waals surface area (Å²) < 4.78 is 11.9. The molecular weight excluding hydrogens is 528 g/mol. The van der Waals surface area contributed by atoms with Crippen LogP contribution in [0.5, 0.6) is 5.75 Å². The van der Waals surface area contributed by atoms with E-state index in [2.05, 4.69) is 37.1 Å². The van der Waals surface area contributed by atoms with E-state index in [-0.39, 0.29) is 25.2 Å². The van der Waals surface area contributed by atoms with Gasteiger partial charge in [0.15, 0.2) is 6.61 Å². The summed E-state index contributed by atoms with van der Waals surface area (Å²) in [6.45, 7) is 2.55. The van der Waals surface area contributed by atoms with Crippen molar-refractivity contribution >= 4 is 57.2 Å². The number of rotatable bonds is 8. The minimum Gasteiger partial charge on any atom is -0.483 e. The fourth-order valence-corrected chi connectivity index (χ4v) is 3.81. The van der Waals surface area contributed by atoms with E-state index in [0.29, 0.717) is 28.6 Å². The quantitative estimate of drug-likeness (QED) is 0.265. The molecule has 3 amide bonds. The molecule has 1 fully saturated rings. The minimum absolute atomic E-state index is 0.0729. The van der Waals surface area contributed by atoms with Crippen LogP contribution in [0, 0.1) is 6.92 Å². The molecule has 0 radical (unpaired) electrons. The molecule has 1 saturated heterocycles. The Labute approximate surface area is 210 Å².